The van der Waals surface area contributed by atoms with Crippen LogP contribution in [0.25, 0.3) is 0 Å². The number of carbonyl (C=O) groups excluding carboxylic acids is 1. The summed E-state index contributed by atoms with van der Waals surface area (Å²) in [5.41, 5.74) is 3.32. The number of hydrogen-bond acceptors (Lipinski definition) is 3. The number of benzene rings is 1. The van der Waals surface area contributed by atoms with Gasteiger partial charge in [-0.2, -0.15) is 0 Å². The van der Waals surface area contributed by atoms with Crippen LogP contribution in [0.1, 0.15) is 38.3 Å². The predicted octanol–water partition coefficient (Wildman–Crippen LogP) is 8.89. The van der Waals surface area contributed by atoms with E-state index in [0.29, 0.717) is 37.7 Å². The zero-order chi connectivity index (χ0) is 29.0. The van der Waals surface area contributed by atoms with E-state index in [1.165, 1.54) is 5.42 Å². The fourth-order valence-corrected chi connectivity index (χ4v) is 5.08. The minimum absolute atomic E-state index is 0.0512. The van der Waals surface area contributed by atoms with Crippen LogP contribution in [0.15, 0.2) is 91.3 Å². The number of allylic oxidation sites excluding steroid dienone is 3. The van der Waals surface area contributed by atoms with Crippen LogP contribution >= 0.6 is 31.4 Å². The highest BCUT2D eigenvalue weighted by molar-refractivity contribution is 7.33. The average Bonchev–Trinajstić information content (AvgIpc) is 2.96. The number of nitrogens with zero attached hydrogens (tertiary/aromatic N) is 2. The lowest BCUT2D eigenvalue weighted by atomic mass is 10.0. The highest BCUT2D eigenvalue weighted by Crippen LogP contribution is 2.37. The molecule has 0 bridgehead atoms. The first-order chi connectivity index (χ1) is 18.9. The van der Waals surface area contributed by atoms with Crippen molar-refractivity contribution in [3.63, 3.8) is 0 Å². The smallest absolute Gasteiger partial charge is 0.227 e. The topological polar surface area (TPSA) is 32.8 Å². The van der Waals surface area contributed by atoms with E-state index in [9.17, 15) is 4.79 Å². The Morgan fingerprint density at radius 2 is 1.77 bits per heavy atom. The monoisotopic (exact) mass is 584 g/mol. The minimum Gasteiger partial charge on any atom is -0.377 e. The Bertz CT molecular complexity index is 1100. The zero-order valence-corrected chi connectivity index (χ0v) is 25.3. The van der Waals surface area contributed by atoms with Gasteiger partial charge in [0.2, 0.25) is 5.91 Å². The van der Waals surface area contributed by atoms with Gasteiger partial charge in [-0.05, 0) is 69.7 Å². The first kappa shape index (κ1) is 34.2. The number of amides is 1. The van der Waals surface area contributed by atoms with Gasteiger partial charge < -0.3 is 14.5 Å². The Morgan fingerprint density at radius 3 is 2.36 bits per heavy atom. The summed E-state index contributed by atoms with van der Waals surface area (Å²) < 4.78 is 5.52. The van der Waals surface area contributed by atoms with Crippen molar-refractivity contribution in [3.05, 3.63) is 107 Å². The van der Waals surface area contributed by atoms with E-state index >= 15 is 0 Å². The van der Waals surface area contributed by atoms with Gasteiger partial charge in [-0.3, -0.25) is 4.79 Å². The van der Waals surface area contributed by atoms with Gasteiger partial charge >= 0.3 is 0 Å². The molecule has 3 rings (SSSR count). The van der Waals surface area contributed by atoms with Gasteiger partial charge in [0.1, 0.15) is 0 Å². The lowest BCUT2D eigenvalue weighted by molar-refractivity contribution is -0.131. The normalized spacial score (nSPS) is 15.2. The summed E-state index contributed by atoms with van der Waals surface area (Å²) in [5.74, 6) is 2.13. The predicted molar refractivity (Wildman–Crippen MR) is 171 cm³/mol. The molecule has 1 aromatic carbocycles. The highest BCUT2D eigenvalue weighted by Gasteiger charge is 2.31. The molecule has 208 valence electrons. The summed E-state index contributed by atoms with van der Waals surface area (Å²) in [6.07, 6.45) is 18.7. The molecule has 0 N–H and O–H groups in total. The molecule has 39 heavy (non-hydrogen) atoms. The van der Waals surface area contributed by atoms with Crippen LogP contribution in [0.5, 0.6) is 0 Å². The third-order valence-corrected chi connectivity index (χ3v) is 7.45. The number of rotatable bonds is 10. The molecule has 1 saturated heterocycles. The van der Waals surface area contributed by atoms with Crippen LogP contribution in [-0.4, -0.2) is 43.7 Å². The van der Waals surface area contributed by atoms with Crippen molar-refractivity contribution >= 4 is 42.7 Å². The number of anilines is 1. The molecule has 7 heteroatoms. The number of ether oxygens (including phenoxy) is 1. The maximum atomic E-state index is 13.2. The summed E-state index contributed by atoms with van der Waals surface area (Å²) in [4.78, 5) is 17.6. The van der Waals surface area contributed by atoms with Gasteiger partial charge in [0, 0.05) is 29.7 Å². The van der Waals surface area contributed by atoms with Crippen molar-refractivity contribution in [2.45, 2.75) is 32.7 Å². The first-order valence-electron chi connectivity index (χ1n) is 12.8. The largest absolute Gasteiger partial charge is 0.377 e. The molecular weight excluding hydrogens is 546 g/mol. The Kier molecular flexibility index (Phi) is 17.7. The third-order valence-electron chi connectivity index (χ3n) is 5.73. The molecule has 0 radical (unpaired) electrons. The Labute approximate surface area is 246 Å². The van der Waals surface area contributed by atoms with Gasteiger partial charge in [-0.1, -0.05) is 65.7 Å². The van der Waals surface area contributed by atoms with Crippen molar-refractivity contribution in [2.75, 3.05) is 37.7 Å². The minimum atomic E-state index is 0.0512. The maximum Gasteiger partial charge on any atom is 0.227 e. The maximum absolute atomic E-state index is 13.2. The quantitative estimate of drug-likeness (QED) is 0.121. The summed E-state index contributed by atoms with van der Waals surface area (Å²) in [6.45, 7) is 14.1. The van der Waals surface area contributed by atoms with Crippen molar-refractivity contribution in [2.24, 2.45) is 0 Å². The molecule has 1 amide bonds. The van der Waals surface area contributed by atoms with E-state index in [-0.39, 0.29) is 11.9 Å². The SMILES string of the molecule is C#C.C=CC.C=CCCOC/C=C\C(=C/C)CC(=O)N1CCN(c2ccc(Cl)cp2)C(c2ccc(Cl)cc2)C1. The van der Waals surface area contributed by atoms with Gasteiger partial charge in [-0.25, -0.2) is 0 Å². The van der Waals surface area contributed by atoms with Crippen LogP contribution in [-0.2, 0) is 9.53 Å². The number of piperazine rings is 1. The van der Waals surface area contributed by atoms with E-state index in [4.69, 9.17) is 27.9 Å². The van der Waals surface area contributed by atoms with E-state index < -0.39 is 0 Å². The zero-order valence-electron chi connectivity index (χ0n) is 22.9. The number of terminal acetylenes is 1. The van der Waals surface area contributed by atoms with Crippen LogP contribution < -0.4 is 4.90 Å². The molecule has 2 heterocycles. The number of carbonyl (C=O) groups is 1. The van der Waals surface area contributed by atoms with Crippen LogP contribution in [0, 0.1) is 12.8 Å². The molecule has 0 saturated carbocycles. The van der Waals surface area contributed by atoms with Crippen molar-refractivity contribution in [3.8, 4) is 12.8 Å². The molecule has 0 spiro atoms. The molecule has 0 aliphatic carbocycles. The average molecular weight is 586 g/mol. The standard InChI is InChI=1S/C27H31Cl2N2O2P.C3H6.C2H2/c1-3-5-16-33-17-6-7-21(4-2)18-26(32)30-14-15-31(27-13-12-24(29)20-34-27)25(19-30)22-8-10-23(28)11-9-22;1-3-2;1-2/h3-4,6-13,20,25H,1,5,14-19H2,2H3;3H,1H2,2H3;1-2H/b7-6-,21-4+;;. The fourth-order valence-electron chi connectivity index (χ4n) is 3.85. The lowest BCUT2D eigenvalue weighted by Crippen LogP contribution is -2.50. The molecule has 1 atom stereocenters. The van der Waals surface area contributed by atoms with E-state index in [1.807, 2.05) is 79.2 Å². The molecule has 1 aliphatic rings. The summed E-state index contributed by atoms with van der Waals surface area (Å²) in [5, 5.41) is 1.45. The van der Waals surface area contributed by atoms with Crippen LogP contribution in [0.2, 0.25) is 10.0 Å². The highest BCUT2D eigenvalue weighted by atomic mass is 35.5. The Hall–Kier alpha value is -2.80. The van der Waals surface area contributed by atoms with Crippen molar-refractivity contribution in [1.82, 2.24) is 4.90 Å². The van der Waals surface area contributed by atoms with Crippen LogP contribution in [0.3, 0.4) is 0 Å². The molecule has 2 aromatic rings. The van der Waals surface area contributed by atoms with E-state index in [1.54, 1.807) is 6.08 Å². The number of halogens is 2. The molecule has 4 nitrogen and oxygen atoms in total. The second-order valence-electron chi connectivity index (χ2n) is 8.44. The van der Waals surface area contributed by atoms with Gasteiger partial charge in [-0.15, -0.1) is 26.0 Å². The fraction of sp³-hybridized carbons (Fsp3) is 0.312. The number of hydrogen-bond donors (Lipinski definition) is 0. The summed E-state index contributed by atoms with van der Waals surface area (Å²) in [7, 11) is 1.06. The molecular formula is C32H39Cl2N2O2P. The first-order valence-corrected chi connectivity index (χ1v) is 14.5. The van der Waals surface area contributed by atoms with E-state index in [2.05, 4.69) is 37.0 Å². The third kappa shape index (κ3) is 12.3. The second kappa shape index (κ2) is 20.2. The van der Waals surface area contributed by atoms with Gasteiger partial charge in [0.05, 0.1) is 31.1 Å². The van der Waals surface area contributed by atoms with Gasteiger partial charge in [0.15, 0.2) is 0 Å². The Balaban J connectivity index is 0.00000142. The summed E-state index contributed by atoms with van der Waals surface area (Å²) in [6, 6.07) is 12.0. The molecule has 1 unspecified atom stereocenters. The van der Waals surface area contributed by atoms with Crippen molar-refractivity contribution in [1.29, 1.82) is 0 Å². The molecule has 1 aromatic heterocycles. The molecule has 1 fully saturated rings. The second-order valence-corrected chi connectivity index (χ2v) is 10.3. The summed E-state index contributed by atoms with van der Waals surface area (Å²) >= 11 is 12.3. The molecule has 1 aliphatic heterocycles. The van der Waals surface area contributed by atoms with E-state index in [0.717, 1.165) is 37.3 Å². The van der Waals surface area contributed by atoms with Crippen LogP contribution in [0.4, 0.5) is 5.42 Å². The Morgan fingerprint density at radius 1 is 1.10 bits per heavy atom. The lowest BCUT2D eigenvalue weighted by Gasteiger charge is -2.43. The van der Waals surface area contributed by atoms with Crippen molar-refractivity contribution < 1.29 is 9.53 Å². The van der Waals surface area contributed by atoms with Gasteiger partial charge in [0.25, 0.3) is 0 Å².